The second kappa shape index (κ2) is 6.58. The Morgan fingerprint density at radius 3 is 1.58 bits per heavy atom. The standard InChI is InChI=1S/B11HP/c1-7-10(6)12-11(8(2)3)9(4)5/h12H. The van der Waals surface area contributed by atoms with Crippen LogP contribution >= 0.6 is 8.34 Å². The van der Waals surface area contributed by atoms with Gasteiger partial charge >= 0.3 is 0 Å². The smallest absolute Gasteiger partial charge is 0.0602 e. The first-order valence-electron chi connectivity index (χ1n) is 3.58. The van der Waals surface area contributed by atoms with Crippen molar-refractivity contribution in [3.05, 3.63) is 0 Å². The van der Waals surface area contributed by atoms with E-state index in [1.54, 1.807) is 0 Å². The monoisotopic (exact) mass is 153 g/mol. The Labute approximate surface area is 87.2 Å². The minimum atomic E-state index is -0.547. The molecule has 0 spiro atoms. The molecular formula is HB11P. The van der Waals surface area contributed by atoms with Crippen LogP contribution in [0.4, 0.5) is 0 Å². The Morgan fingerprint density at radius 1 is 0.917 bits per heavy atom. The third kappa shape index (κ3) is 5.00. The van der Waals surface area contributed by atoms with Crippen molar-refractivity contribution >= 4 is 87.0 Å². The molecule has 0 amide bonds. The van der Waals surface area contributed by atoms with E-state index in [-0.39, 0.29) is 20.8 Å². The third-order valence-electron chi connectivity index (χ3n) is 1.42. The van der Waals surface area contributed by atoms with Crippen LogP contribution in [0.25, 0.3) is 0 Å². The van der Waals surface area contributed by atoms with Crippen LogP contribution < -0.4 is 0 Å². The fourth-order valence-corrected chi connectivity index (χ4v) is 1.76. The summed E-state index contributed by atoms with van der Waals surface area (Å²) in [6.07, 6.45) is -1.51. The summed E-state index contributed by atoms with van der Waals surface area (Å²) >= 11 is 0. The van der Waals surface area contributed by atoms with Crippen LogP contribution in [0.5, 0.6) is 0 Å². The maximum Gasteiger partial charge on any atom is 0.0602 e. The highest BCUT2D eigenvalue weighted by Gasteiger charge is 2.23. The topological polar surface area (TPSA) is 0 Å². The minimum Gasteiger partial charge on any atom is -0.222 e. The molecule has 0 heterocycles. The maximum absolute atomic E-state index is 5.56. The lowest BCUT2D eigenvalue weighted by atomic mass is 8.80. The van der Waals surface area contributed by atoms with E-state index < -0.39 is 12.8 Å². The Bertz CT molecular complexity index is 99.6. The zero-order valence-corrected chi connectivity index (χ0v) is 7.85. The van der Waals surface area contributed by atoms with Crippen LogP contribution in [0.3, 0.4) is 0 Å². The molecule has 0 aromatic heterocycles. The van der Waals surface area contributed by atoms with Gasteiger partial charge in [0.1, 0.15) is 0 Å². The van der Waals surface area contributed by atoms with E-state index in [2.05, 4.69) is 0 Å². The first kappa shape index (κ1) is 13.1. The number of hydrogen-bond donors (Lipinski definition) is 0. The molecule has 13 radical (unpaired) electrons. The summed E-state index contributed by atoms with van der Waals surface area (Å²) in [4.78, 5) is 0. The van der Waals surface area contributed by atoms with Gasteiger partial charge in [0.15, 0.2) is 0 Å². The molecule has 0 aliphatic rings. The number of rotatable bonds is 5. The van der Waals surface area contributed by atoms with E-state index in [9.17, 15) is 0 Å². The van der Waals surface area contributed by atoms with Gasteiger partial charge in [-0.1, -0.05) is 0 Å². The highest BCUT2D eigenvalue weighted by Crippen LogP contribution is 2.17. The normalized spacial score (nSPS) is 9.67. The lowest BCUT2D eigenvalue weighted by molar-refractivity contribution is 3.63. The van der Waals surface area contributed by atoms with Crippen molar-refractivity contribution in [2.75, 3.05) is 0 Å². The van der Waals surface area contributed by atoms with Gasteiger partial charge in [-0.15, -0.1) is 0 Å². The molecule has 0 aliphatic carbocycles. The van der Waals surface area contributed by atoms with E-state index in [4.69, 9.17) is 46.4 Å². The molecule has 0 saturated heterocycles. The van der Waals surface area contributed by atoms with E-state index in [1.165, 1.54) is 7.06 Å². The molecule has 0 fully saturated rings. The lowest BCUT2D eigenvalue weighted by Gasteiger charge is -2.23. The molecule has 0 aromatic rings. The Kier molecular flexibility index (Phi) is 7.20. The molecule has 0 nitrogen and oxygen atoms in total. The molecule has 0 aliphatic heterocycles. The summed E-state index contributed by atoms with van der Waals surface area (Å²) in [7, 11) is 34.2. The summed E-state index contributed by atoms with van der Waals surface area (Å²) in [6.45, 7) is 0. The predicted octanol–water partition coefficient (Wildman–Crippen LogP) is -3.60. The van der Waals surface area contributed by atoms with Crippen LogP contribution in [0.15, 0.2) is 0 Å². The van der Waals surface area contributed by atoms with Crippen molar-refractivity contribution in [2.45, 2.75) is 0 Å². The van der Waals surface area contributed by atoms with Crippen LogP contribution in [-0.2, 0) is 0 Å². The average molecular weight is 151 g/mol. The van der Waals surface area contributed by atoms with E-state index in [0.29, 0.717) is 0 Å². The van der Waals surface area contributed by atoms with Gasteiger partial charge in [-0.05, 0) is 0 Å². The van der Waals surface area contributed by atoms with Crippen LogP contribution in [0, 0.1) is 0 Å². The van der Waals surface area contributed by atoms with Gasteiger partial charge in [-0.2, -0.15) is 0 Å². The van der Waals surface area contributed by atoms with Crippen LogP contribution in [0.2, 0.25) is 0 Å². The van der Waals surface area contributed by atoms with Crippen LogP contribution in [0.1, 0.15) is 0 Å². The predicted molar refractivity (Wildman–Crippen MR) is 71.6 cm³/mol. The molecule has 0 bridgehead atoms. The summed E-state index contributed by atoms with van der Waals surface area (Å²) in [5, 5.41) is 0. The van der Waals surface area contributed by atoms with Gasteiger partial charge in [-0.3, -0.25) is 0 Å². The molecule has 0 saturated carbocycles. The van der Waals surface area contributed by atoms with E-state index >= 15 is 0 Å². The fraction of sp³-hybridized carbons (Fsp3) is 0. The summed E-state index contributed by atoms with van der Waals surface area (Å²) in [5.74, 6) is 0. The fourth-order valence-electron chi connectivity index (χ4n) is 0.757. The molecule has 12 heavy (non-hydrogen) atoms. The molecular weight excluding hydrogens is 150 g/mol. The van der Waals surface area contributed by atoms with Crippen molar-refractivity contribution in [1.82, 2.24) is 0 Å². The quantitative estimate of drug-likeness (QED) is 0.281. The number of hydrogen-bond acceptors (Lipinski definition) is 0. The Morgan fingerprint density at radius 2 is 1.33 bits per heavy atom. The molecule has 0 aromatic carbocycles. The highest BCUT2D eigenvalue weighted by atomic mass is 31.1. The summed E-state index contributed by atoms with van der Waals surface area (Å²) < 4.78 is 0. The summed E-state index contributed by atoms with van der Waals surface area (Å²) in [6, 6.07) is 0. The first-order valence-corrected chi connectivity index (χ1v) is 4.73. The average Bonchev–Trinajstić information content (AvgIpc) is 1.98. The largest absolute Gasteiger partial charge is 0.222 e. The first-order chi connectivity index (χ1) is 5.49. The van der Waals surface area contributed by atoms with Crippen LogP contribution in [-0.4, -0.2) is 78.7 Å². The van der Waals surface area contributed by atoms with Crippen molar-refractivity contribution in [1.29, 1.82) is 0 Å². The summed E-state index contributed by atoms with van der Waals surface area (Å²) in [5.41, 5.74) is 0. The van der Waals surface area contributed by atoms with E-state index in [0.717, 1.165) is 0 Å². The van der Waals surface area contributed by atoms with Crippen molar-refractivity contribution in [3.8, 4) is 0 Å². The molecule has 39 valence electrons. The Hall–Kier alpha value is 1.14. The molecule has 1 atom stereocenters. The van der Waals surface area contributed by atoms with Gasteiger partial charge in [0.05, 0.1) is 12.4 Å². The highest BCUT2D eigenvalue weighted by molar-refractivity contribution is 8.27. The van der Waals surface area contributed by atoms with Crippen molar-refractivity contribution in [2.24, 2.45) is 0 Å². The zero-order chi connectivity index (χ0) is 9.72. The van der Waals surface area contributed by atoms with Gasteiger partial charge in [0.25, 0.3) is 0 Å². The maximum atomic E-state index is 5.56. The minimum absolute atomic E-state index is 0.181. The molecule has 0 N–H and O–H groups in total. The van der Waals surface area contributed by atoms with Gasteiger partial charge < -0.3 is 0 Å². The van der Waals surface area contributed by atoms with Gasteiger partial charge in [-0.25, -0.2) is 8.34 Å². The second-order valence-corrected chi connectivity index (χ2v) is 4.23. The van der Waals surface area contributed by atoms with Crippen molar-refractivity contribution in [3.63, 3.8) is 0 Å². The molecule has 0 rings (SSSR count). The Balaban J connectivity index is 3.95. The zero-order valence-electron chi connectivity index (χ0n) is 6.85. The van der Waals surface area contributed by atoms with Gasteiger partial charge in [0, 0.05) is 66.3 Å². The van der Waals surface area contributed by atoms with Crippen molar-refractivity contribution < 1.29 is 0 Å². The molecule has 1 unspecified atom stereocenters. The third-order valence-corrected chi connectivity index (χ3v) is 3.15. The van der Waals surface area contributed by atoms with E-state index in [1.807, 2.05) is 0 Å². The second-order valence-electron chi connectivity index (χ2n) is 2.57. The lowest BCUT2D eigenvalue weighted by Crippen LogP contribution is -2.50. The SMILES string of the molecule is [B][B]B([B])PB(B([B])[B])B([B])[B]. The molecule has 12 heteroatoms. The van der Waals surface area contributed by atoms with Gasteiger partial charge in [0.2, 0.25) is 0 Å².